The van der Waals surface area contributed by atoms with Crippen LogP contribution < -0.4 is 5.32 Å². The van der Waals surface area contributed by atoms with Gasteiger partial charge in [0.15, 0.2) is 0 Å². The zero-order chi connectivity index (χ0) is 13.9. The zero-order valence-corrected chi connectivity index (χ0v) is 12.2. The fourth-order valence-corrected chi connectivity index (χ4v) is 3.17. The molecule has 1 saturated carbocycles. The summed E-state index contributed by atoms with van der Waals surface area (Å²) in [5, 5.41) is 12.4. The lowest BCUT2D eigenvalue weighted by atomic mass is 9.84. The smallest absolute Gasteiger partial charge is 0.335 e. The van der Waals surface area contributed by atoms with E-state index < -0.39 is 5.97 Å². The average Bonchev–Trinajstić information content (AvgIpc) is 2.37. The highest BCUT2D eigenvalue weighted by Gasteiger charge is 2.35. The topological polar surface area (TPSA) is 62.2 Å². The van der Waals surface area contributed by atoms with Crippen molar-refractivity contribution < 1.29 is 9.90 Å². The predicted octanol–water partition coefficient (Wildman–Crippen LogP) is 3.04. The van der Waals surface area contributed by atoms with Crippen LogP contribution in [0.2, 0.25) is 0 Å². The number of pyridine rings is 1. The lowest BCUT2D eigenvalue weighted by Gasteiger charge is -2.40. The third-order valence-corrected chi connectivity index (χ3v) is 5.20. The fraction of sp³-hybridized carbons (Fsp3) is 0.571. The van der Waals surface area contributed by atoms with Crippen LogP contribution >= 0.6 is 11.8 Å². The highest BCUT2D eigenvalue weighted by atomic mass is 32.2. The summed E-state index contributed by atoms with van der Waals surface area (Å²) >= 11 is 1.89. The number of rotatable bonds is 6. The van der Waals surface area contributed by atoms with Gasteiger partial charge in [0.25, 0.3) is 0 Å². The highest BCUT2D eigenvalue weighted by Crippen LogP contribution is 2.42. The molecular formula is C14H20N2O2S. The molecule has 0 bridgehead atoms. The second-order valence-corrected chi connectivity index (χ2v) is 6.26. The molecule has 2 N–H and O–H groups in total. The van der Waals surface area contributed by atoms with Crippen molar-refractivity contribution in [3.8, 4) is 0 Å². The van der Waals surface area contributed by atoms with Crippen LogP contribution in [0.25, 0.3) is 0 Å². The summed E-state index contributed by atoms with van der Waals surface area (Å²) in [6, 6.07) is 3.26. The van der Waals surface area contributed by atoms with Crippen molar-refractivity contribution in [2.24, 2.45) is 0 Å². The molecule has 0 saturated heterocycles. The fourth-order valence-electron chi connectivity index (χ4n) is 2.26. The number of nitrogens with zero attached hydrogens (tertiary/aromatic N) is 1. The maximum absolute atomic E-state index is 11.1. The molecule has 1 heterocycles. The second kappa shape index (κ2) is 5.82. The van der Waals surface area contributed by atoms with E-state index in [0.29, 0.717) is 16.1 Å². The van der Waals surface area contributed by atoms with E-state index in [9.17, 15) is 4.79 Å². The van der Waals surface area contributed by atoms with Gasteiger partial charge in [0.1, 0.15) is 5.82 Å². The van der Waals surface area contributed by atoms with Gasteiger partial charge < -0.3 is 10.4 Å². The molecule has 0 amide bonds. The van der Waals surface area contributed by atoms with Gasteiger partial charge in [-0.1, -0.05) is 13.3 Å². The first-order valence-electron chi connectivity index (χ1n) is 6.62. The molecule has 104 valence electrons. The van der Waals surface area contributed by atoms with E-state index >= 15 is 0 Å². The van der Waals surface area contributed by atoms with E-state index in [0.717, 1.165) is 18.7 Å². The van der Waals surface area contributed by atoms with Crippen LogP contribution in [-0.2, 0) is 6.42 Å². The Balaban J connectivity index is 2.11. The van der Waals surface area contributed by atoms with Crippen LogP contribution in [-0.4, -0.2) is 33.6 Å². The molecule has 0 radical (unpaired) electrons. The molecule has 0 atom stereocenters. The Bertz CT molecular complexity index is 467. The van der Waals surface area contributed by atoms with Gasteiger partial charge in [-0.25, -0.2) is 9.78 Å². The lowest BCUT2D eigenvalue weighted by molar-refractivity contribution is 0.0696. The monoisotopic (exact) mass is 280 g/mol. The number of nitrogens with one attached hydrogen (secondary N) is 1. The summed E-state index contributed by atoms with van der Waals surface area (Å²) in [6.07, 6.45) is 6.61. The van der Waals surface area contributed by atoms with E-state index in [2.05, 4.69) is 16.6 Å². The number of thioether (sulfide) groups is 1. The molecule has 1 fully saturated rings. The third kappa shape index (κ3) is 3.21. The van der Waals surface area contributed by atoms with Crippen LogP contribution in [0, 0.1) is 0 Å². The van der Waals surface area contributed by atoms with E-state index in [4.69, 9.17) is 5.11 Å². The summed E-state index contributed by atoms with van der Waals surface area (Å²) < 4.78 is 0.313. The molecule has 5 heteroatoms. The minimum absolute atomic E-state index is 0.307. The zero-order valence-electron chi connectivity index (χ0n) is 11.4. The molecule has 1 aromatic heterocycles. The second-order valence-electron chi connectivity index (χ2n) is 4.99. The SMILES string of the molecule is CCc1cc(C(=O)O)cc(NCC2(SC)CCC2)n1. The Morgan fingerprint density at radius 2 is 2.26 bits per heavy atom. The van der Waals surface area contributed by atoms with Gasteiger partial charge in [0, 0.05) is 17.0 Å². The van der Waals surface area contributed by atoms with Crippen molar-refractivity contribution in [2.45, 2.75) is 37.4 Å². The van der Waals surface area contributed by atoms with Crippen molar-refractivity contribution in [2.75, 3.05) is 18.1 Å². The normalized spacial score (nSPS) is 16.7. The Morgan fingerprint density at radius 1 is 1.53 bits per heavy atom. The van der Waals surface area contributed by atoms with Crippen molar-refractivity contribution >= 4 is 23.5 Å². The van der Waals surface area contributed by atoms with Gasteiger partial charge in [-0.15, -0.1) is 0 Å². The predicted molar refractivity (Wildman–Crippen MR) is 79.2 cm³/mol. The van der Waals surface area contributed by atoms with Crippen molar-refractivity contribution in [3.63, 3.8) is 0 Å². The van der Waals surface area contributed by atoms with Gasteiger partial charge >= 0.3 is 5.97 Å². The molecule has 1 aliphatic carbocycles. The number of hydrogen-bond acceptors (Lipinski definition) is 4. The molecule has 2 rings (SSSR count). The third-order valence-electron chi connectivity index (χ3n) is 3.78. The summed E-state index contributed by atoms with van der Waals surface area (Å²) in [5.74, 6) is -0.222. The van der Waals surface area contributed by atoms with Crippen LogP contribution in [0.5, 0.6) is 0 Å². The van der Waals surface area contributed by atoms with Crippen molar-refractivity contribution in [1.82, 2.24) is 4.98 Å². The number of hydrogen-bond donors (Lipinski definition) is 2. The Labute approximate surface area is 118 Å². The van der Waals surface area contributed by atoms with Gasteiger partial charge in [-0.05, 0) is 37.7 Å². The summed E-state index contributed by atoms with van der Waals surface area (Å²) in [7, 11) is 0. The molecule has 4 nitrogen and oxygen atoms in total. The van der Waals surface area contributed by atoms with E-state index in [1.807, 2.05) is 18.7 Å². The lowest BCUT2D eigenvalue weighted by Crippen LogP contribution is -2.40. The molecular weight excluding hydrogens is 260 g/mol. The molecule has 19 heavy (non-hydrogen) atoms. The van der Waals surface area contributed by atoms with Crippen LogP contribution in [0.1, 0.15) is 42.2 Å². The number of anilines is 1. The van der Waals surface area contributed by atoms with Crippen LogP contribution in [0.4, 0.5) is 5.82 Å². The van der Waals surface area contributed by atoms with E-state index in [1.165, 1.54) is 19.3 Å². The number of aryl methyl sites for hydroxylation is 1. The maximum Gasteiger partial charge on any atom is 0.335 e. The van der Waals surface area contributed by atoms with Gasteiger partial charge in [-0.2, -0.15) is 11.8 Å². The molecule has 0 spiro atoms. The number of carboxylic acids is 1. The minimum atomic E-state index is -0.900. The molecule has 1 aromatic rings. The largest absolute Gasteiger partial charge is 0.478 e. The Hall–Kier alpha value is -1.23. The standard InChI is InChI=1S/C14H20N2O2S/c1-3-11-7-10(13(17)18)8-12(16-11)15-9-14(19-2)5-4-6-14/h7-8H,3-6,9H2,1-2H3,(H,15,16)(H,17,18). The van der Waals surface area contributed by atoms with Crippen LogP contribution in [0.3, 0.4) is 0 Å². The molecule has 0 unspecified atom stereocenters. The number of aromatic nitrogens is 1. The molecule has 1 aliphatic rings. The van der Waals surface area contributed by atoms with Gasteiger partial charge in [0.2, 0.25) is 0 Å². The molecule has 0 aliphatic heterocycles. The first-order valence-corrected chi connectivity index (χ1v) is 7.84. The number of carbonyl (C=O) groups is 1. The summed E-state index contributed by atoms with van der Waals surface area (Å²) in [6.45, 7) is 2.83. The van der Waals surface area contributed by atoms with E-state index in [1.54, 1.807) is 12.1 Å². The van der Waals surface area contributed by atoms with Crippen LogP contribution in [0.15, 0.2) is 12.1 Å². The number of aromatic carboxylic acids is 1. The summed E-state index contributed by atoms with van der Waals surface area (Å²) in [4.78, 5) is 15.5. The first kappa shape index (κ1) is 14.2. The van der Waals surface area contributed by atoms with E-state index in [-0.39, 0.29) is 0 Å². The average molecular weight is 280 g/mol. The first-order chi connectivity index (χ1) is 9.08. The quantitative estimate of drug-likeness (QED) is 0.838. The Morgan fingerprint density at radius 3 is 2.74 bits per heavy atom. The minimum Gasteiger partial charge on any atom is -0.478 e. The Kier molecular flexibility index (Phi) is 4.34. The maximum atomic E-state index is 11.1. The van der Waals surface area contributed by atoms with Crippen molar-refractivity contribution in [1.29, 1.82) is 0 Å². The number of carboxylic acid groups (broad SMARTS) is 1. The van der Waals surface area contributed by atoms with Gasteiger partial charge in [0.05, 0.1) is 5.56 Å². The van der Waals surface area contributed by atoms with Crippen molar-refractivity contribution in [3.05, 3.63) is 23.4 Å². The highest BCUT2D eigenvalue weighted by molar-refractivity contribution is 8.00. The molecule has 0 aromatic carbocycles. The summed E-state index contributed by atoms with van der Waals surface area (Å²) in [5.41, 5.74) is 1.12. The van der Waals surface area contributed by atoms with Gasteiger partial charge in [-0.3, -0.25) is 0 Å².